The third-order valence-electron chi connectivity index (χ3n) is 4.95. The molecule has 140 valence electrons. The highest BCUT2D eigenvalue weighted by Gasteiger charge is 2.17. The normalized spacial score (nSPS) is 15.7. The number of anilines is 2. The topological polar surface area (TPSA) is 65.4 Å². The first kappa shape index (κ1) is 18.8. The number of rotatable bonds is 5. The van der Waals surface area contributed by atoms with Gasteiger partial charge in [0.2, 0.25) is 0 Å². The molecule has 1 atom stereocenters. The minimum Gasteiger partial charge on any atom is -0.481 e. The van der Waals surface area contributed by atoms with Crippen LogP contribution >= 0.6 is 0 Å². The van der Waals surface area contributed by atoms with Gasteiger partial charge in [0.05, 0.1) is 11.6 Å². The van der Waals surface area contributed by atoms with Gasteiger partial charge >= 0.3 is 0 Å². The number of carbonyl (C=O) groups excluding carboxylic acids is 1. The summed E-state index contributed by atoms with van der Waals surface area (Å²) >= 11 is 0. The first-order valence-corrected chi connectivity index (χ1v) is 9.38. The van der Waals surface area contributed by atoms with Crippen molar-refractivity contribution in [3.63, 3.8) is 0 Å². The van der Waals surface area contributed by atoms with Gasteiger partial charge in [0.1, 0.15) is 5.75 Å². The Morgan fingerprint density at radius 2 is 1.78 bits per heavy atom. The van der Waals surface area contributed by atoms with E-state index in [0.29, 0.717) is 11.3 Å². The molecule has 2 aromatic rings. The van der Waals surface area contributed by atoms with Crippen molar-refractivity contribution in [2.24, 2.45) is 5.92 Å². The van der Waals surface area contributed by atoms with E-state index in [1.54, 1.807) is 31.2 Å². The summed E-state index contributed by atoms with van der Waals surface area (Å²) in [5, 5.41) is 11.7. The van der Waals surface area contributed by atoms with E-state index in [0.717, 1.165) is 24.7 Å². The van der Waals surface area contributed by atoms with Gasteiger partial charge < -0.3 is 15.0 Å². The molecule has 1 amide bonds. The van der Waals surface area contributed by atoms with E-state index in [1.165, 1.54) is 18.5 Å². The van der Waals surface area contributed by atoms with Crippen LogP contribution in [0.5, 0.6) is 5.75 Å². The van der Waals surface area contributed by atoms with Crippen LogP contribution in [-0.2, 0) is 4.79 Å². The highest BCUT2D eigenvalue weighted by Crippen LogP contribution is 2.24. The lowest BCUT2D eigenvalue weighted by Crippen LogP contribution is -2.32. The second-order valence-electron chi connectivity index (χ2n) is 7.10. The van der Waals surface area contributed by atoms with E-state index in [-0.39, 0.29) is 5.91 Å². The average molecular weight is 363 g/mol. The molecule has 0 radical (unpaired) electrons. The Morgan fingerprint density at radius 1 is 1.15 bits per heavy atom. The average Bonchev–Trinajstić information content (AvgIpc) is 2.70. The standard InChI is InChI=1S/C22H25N3O2/c1-16-11-13-25(14-12-16)20-7-5-19(6-8-20)24-22(26)17(2)27-21-9-3-18(15-23)4-10-21/h3-10,16-17H,11-14H2,1-2H3,(H,24,26)/t17-/m1/s1. The molecule has 1 aliphatic rings. The van der Waals surface area contributed by atoms with Crippen molar-refractivity contribution in [2.45, 2.75) is 32.8 Å². The van der Waals surface area contributed by atoms with E-state index in [1.807, 2.05) is 12.1 Å². The van der Waals surface area contributed by atoms with Gasteiger partial charge in [-0.3, -0.25) is 4.79 Å². The number of carbonyl (C=O) groups is 1. The summed E-state index contributed by atoms with van der Waals surface area (Å²) in [5.74, 6) is 1.16. The second kappa shape index (κ2) is 8.59. The lowest BCUT2D eigenvalue weighted by Gasteiger charge is -2.32. The number of piperidine rings is 1. The summed E-state index contributed by atoms with van der Waals surface area (Å²) in [6.45, 7) is 6.18. The summed E-state index contributed by atoms with van der Waals surface area (Å²) in [5.41, 5.74) is 2.51. The monoisotopic (exact) mass is 363 g/mol. The summed E-state index contributed by atoms with van der Waals surface area (Å²) in [7, 11) is 0. The zero-order chi connectivity index (χ0) is 19.2. The third-order valence-corrected chi connectivity index (χ3v) is 4.95. The zero-order valence-electron chi connectivity index (χ0n) is 15.8. The molecule has 5 nitrogen and oxygen atoms in total. The van der Waals surface area contributed by atoms with E-state index in [4.69, 9.17) is 10.00 Å². The Balaban J connectivity index is 1.54. The predicted molar refractivity (Wildman–Crippen MR) is 107 cm³/mol. The van der Waals surface area contributed by atoms with Crippen LogP contribution in [0, 0.1) is 17.2 Å². The van der Waals surface area contributed by atoms with Gasteiger partial charge in [-0.25, -0.2) is 0 Å². The van der Waals surface area contributed by atoms with Crippen molar-refractivity contribution in [1.29, 1.82) is 5.26 Å². The van der Waals surface area contributed by atoms with Crippen molar-refractivity contribution in [2.75, 3.05) is 23.3 Å². The first-order valence-electron chi connectivity index (χ1n) is 9.38. The maximum atomic E-state index is 12.4. The van der Waals surface area contributed by atoms with Crippen LogP contribution in [0.4, 0.5) is 11.4 Å². The molecule has 27 heavy (non-hydrogen) atoms. The van der Waals surface area contributed by atoms with Crippen molar-refractivity contribution in [3.8, 4) is 11.8 Å². The Morgan fingerprint density at radius 3 is 2.37 bits per heavy atom. The minimum atomic E-state index is -0.638. The van der Waals surface area contributed by atoms with Crippen molar-refractivity contribution >= 4 is 17.3 Å². The fourth-order valence-electron chi connectivity index (χ4n) is 3.13. The number of ether oxygens (including phenoxy) is 1. The van der Waals surface area contributed by atoms with Crippen molar-refractivity contribution in [1.82, 2.24) is 0 Å². The minimum absolute atomic E-state index is 0.209. The van der Waals surface area contributed by atoms with Crippen LogP contribution < -0.4 is 15.0 Å². The van der Waals surface area contributed by atoms with E-state index in [9.17, 15) is 4.79 Å². The van der Waals surface area contributed by atoms with Gasteiger partial charge in [-0.05, 0) is 74.2 Å². The Bertz CT molecular complexity index is 801. The molecule has 1 fully saturated rings. The lowest BCUT2D eigenvalue weighted by atomic mass is 9.99. The number of hydrogen-bond acceptors (Lipinski definition) is 4. The molecule has 1 saturated heterocycles. The smallest absolute Gasteiger partial charge is 0.265 e. The van der Waals surface area contributed by atoms with Gasteiger partial charge in [0, 0.05) is 24.5 Å². The maximum absolute atomic E-state index is 12.4. The van der Waals surface area contributed by atoms with E-state index in [2.05, 4.69) is 35.3 Å². The van der Waals surface area contributed by atoms with Gasteiger partial charge in [-0.2, -0.15) is 5.26 Å². The van der Waals surface area contributed by atoms with Crippen LogP contribution in [0.1, 0.15) is 32.3 Å². The molecule has 3 rings (SSSR count). The predicted octanol–water partition coefficient (Wildman–Crippen LogP) is 4.20. The molecule has 0 aromatic heterocycles. The summed E-state index contributed by atoms with van der Waals surface area (Å²) in [4.78, 5) is 14.8. The Labute approximate surface area is 160 Å². The lowest BCUT2D eigenvalue weighted by molar-refractivity contribution is -0.122. The van der Waals surface area contributed by atoms with Gasteiger partial charge in [-0.1, -0.05) is 6.92 Å². The number of amides is 1. The molecule has 0 aliphatic carbocycles. The zero-order valence-corrected chi connectivity index (χ0v) is 15.8. The number of hydrogen-bond donors (Lipinski definition) is 1. The molecule has 0 spiro atoms. The highest BCUT2D eigenvalue weighted by molar-refractivity contribution is 5.94. The third kappa shape index (κ3) is 5.01. The van der Waals surface area contributed by atoms with Crippen molar-refractivity contribution < 1.29 is 9.53 Å². The fraction of sp³-hybridized carbons (Fsp3) is 0.364. The summed E-state index contributed by atoms with van der Waals surface area (Å²) in [6.07, 6.45) is 1.81. The Kier molecular flexibility index (Phi) is 5.97. The van der Waals surface area contributed by atoms with Gasteiger partial charge in [0.15, 0.2) is 6.10 Å². The number of nitrogens with zero attached hydrogens (tertiary/aromatic N) is 2. The number of nitrogens with one attached hydrogen (secondary N) is 1. The van der Waals surface area contributed by atoms with Gasteiger partial charge in [-0.15, -0.1) is 0 Å². The van der Waals surface area contributed by atoms with E-state index >= 15 is 0 Å². The number of nitriles is 1. The second-order valence-corrected chi connectivity index (χ2v) is 7.10. The largest absolute Gasteiger partial charge is 0.481 e. The van der Waals surface area contributed by atoms with Crippen LogP contribution in [0.15, 0.2) is 48.5 Å². The summed E-state index contributed by atoms with van der Waals surface area (Å²) in [6, 6.07) is 16.7. The Hall–Kier alpha value is -3.00. The number of benzene rings is 2. The summed E-state index contributed by atoms with van der Waals surface area (Å²) < 4.78 is 5.65. The molecule has 1 aliphatic heterocycles. The molecule has 2 aromatic carbocycles. The fourth-order valence-corrected chi connectivity index (χ4v) is 3.13. The molecule has 1 heterocycles. The highest BCUT2D eigenvalue weighted by atomic mass is 16.5. The molecular weight excluding hydrogens is 338 g/mol. The maximum Gasteiger partial charge on any atom is 0.265 e. The van der Waals surface area contributed by atoms with Crippen LogP contribution in [-0.4, -0.2) is 25.1 Å². The van der Waals surface area contributed by atoms with Crippen LogP contribution in [0.2, 0.25) is 0 Å². The molecule has 5 heteroatoms. The SMILES string of the molecule is CC1CCN(c2ccc(NC(=O)[C@@H](C)Oc3ccc(C#N)cc3)cc2)CC1. The molecule has 0 saturated carbocycles. The van der Waals surface area contributed by atoms with E-state index < -0.39 is 6.10 Å². The van der Waals surface area contributed by atoms with Crippen LogP contribution in [0.3, 0.4) is 0 Å². The molecule has 1 N–H and O–H groups in total. The molecule has 0 bridgehead atoms. The first-order chi connectivity index (χ1) is 13.0. The van der Waals surface area contributed by atoms with Crippen molar-refractivity contribution in [3.05, 3.63) is 54.1 Å². The molecular formula is C22H25N3O2. The van der Waals surface area contributed by atoms with Crippen LogP contribution in [0.25, 0.3) is 0 Å². The quantitative estimate of drug-likeness (QED) is 0.865. The van der Waals surface area contributed by atoms with Gasteiger partial charge in [0.25, 0.3) is 5.91 Å². The molecule has 0 unspecified atom stereocenters.